The molecule has 0 aliphatic heterocycles. The van der Waals surface area contributed by atoms with E-state index in [0.717, 1.165) is 12.3 Å². The molecule has 1 atom stereocenters. The number of pyridine rings is 2. The zero-order valence-electron chi connectivity index (χ0n) is 20.5. The van der Waals surface area contributed by atoms with E-state index in [4.69, 9.17) is 17.3 Å². The molecule has 38 heavy (non-hydrogen) atoms. The Morgan fingerprint density at radius 3 is 2.42 bits per heavy atom. The minimum atomic E-state index is -3.68. The molecule has 1 unspecified atom stereocenters. The molecule has 3 heterocycles. The maximum Gasteiger partial charge on any atom is 0.243 e. The Balaban J connectivity index is 1.88. The topological polar surface area (TPSA) is 136 Å². The summed E-state index contributed by atoms with van der Waals surface area (Å²) in [6.45, 7) is 3.05. The van der Waals surface area contributed by atoms with E-state index in [9.17, 15) is 22.3 Å². The number of hydrogen-bond donors (Lipinski definition) is 3. The number of fused-ring (bicyclic) bond motifs is 1. The number of aliphatic hydroxyl groups is 1. The molecular weight excluding hydrogens is 538 g/mol. The Morgan fingerprint density at radius 1 is 1.13 bits per heavy atom. The van der Waals surface area contributed by atoms with Crippen molar-refractivity contribution in [3.63, 3.8) is 0 Å². The van der Waals surface area contributed by atoms with Gasteiger partial charge >= 0.3 is 0 Å². The number of aromatic nitrogens is 4. The molecule has 0 amide bonds. The van der Waals surface area contributed by atoms with Crippen LogP contribution >= 0.6 is 11.6 Å². The van der Waals surface area contributed by atoms with Crippen molar-refractivity contribution in [2.24, 2.45) is 5.73 Å². The van der Waals surface area contributed by atoms with Gasteiger partial charge in [0.2, 0.25) is 16.0 Å². The maximum atomic E-state index is 13.8. The van der Waals surface area contributed by atoms with Gasteiger partial charge in [0.15, 0.2) is 5.65 Å². The number of halogens is 3. The van der Waals surface area contributed by atoms with E-state index in [2.05, 4.69) is 31.7 Å². The zero-order chi connectivity index (χ0) is 27.8. The minimum absolute atomic E-state index is 0.0362. The highest BCUT2D eigenvalue weighted by Gasteiger charge is 2.22. The molecule has 3 aromatic heterocycles. The summed E-state index contributed by atoms with van der Waals surface area (Å²) in [5.41, 5.74) is 7.36. The lowest BCUT2D eigenvalue weighted by molar-refractivity contribution is 0.143. The van der Waals surface area contributed by atoms with Gasteiger partial charge in [0.05, 0.1) is 18.0 Å². The number of sulfonamides is 1. The number of nitrogens with one attached hydrogen (secondary N) is 1. The fourth-order valence-corrected chi connectivity index (χ4v) is 4.44. The third-order valence-electron chi connectivity index (χ3n) is 5.22. The van der Waals surface area contributed by atoms with Gasteiger partial charge in [-0.05, 0) is 68.2 Å². The highest BCUT2D eigenvalue weighted by molar-refractivity contribution is 7.92. The average Bonchev–Trinajstić information content (AvgIpc) is 3.19. The van der Waals surface area contributed by atoms with Gasteiger partial charge in [-0.3, -0.25) is 4.72 Å². The first-order chi connectivity index (χ1) is 17.7. The van der Waals surface area contributed by atoms with Crippen LogP contribution in [0.4, 0.5) is 14.7 Å². The van der Waals surface area contributed by atoms with Crippen LogP contribution in [0.25, 0.3) is 16.8 Å². The van der Waals surface area contributed by atoms with Gasteiger partial charge in [-0.1, -0.05) is 17.5 Å². The van der Waals surface area contributed by atoms with Crippen molar-refractivity contribution in [2.75, 3.05) is 11.0 Å². The fourth-order valence-electron chi connectivity index (χ4n) is 3.76. The Bertz CT molecular complexity index is 1690. The predicted octanol–water partition coefficient (Wildman–Crippen LogP) is 3.46. The molecule has 198 valence electrons. The SMILES string of the molecule is CC(C)(O)C#Cc1ccc(-c2ccc(Cl)n3c(NS(C)(=O)=O)nnc23)c(C(N)Cc2cc(F)cc(F)c2)n1. The quantitative estimate of drug-likeness (QED) is 0.243. The normalized spacial score (nSPS) is 12.7. The summed E-state index contributed by atoms with van der Waals surface area (Å²) >= 11 is 6.34. The van der Waals surface area contributed by atoms with Crippen molar-refractivity contribution in [2.45, 2.75) is 31.9 Å². The lowest BCUT2D eigenvalue weighted by Gasteiger charge is -2.17. The Kier molecular flexibility index (Phi) is 7.40. The second kappa shape index (κ2) is 10.3. The molecule has 0 spiro atoms. The highest BCUT2D eigenvalue weighted by atomic mass is 35.5. The summed E-state index contributed by atoms with van der Waals surface area (Å²) in [7, 11) is -3.68. The van der Waals surface area contributed by atoms with Gasteiger partial charge in [-0.15, -0.1) is 10.2 Å². The van der Waals surface area contributed by atoms with Crippen LogP contribution in [0.5, 0.6) is 0 Å². The van der Waals surface area contributed by atoms with E-state index in [-0.39, 0.29) is 23.2 Å². The maximum absolute atomic E-state index is 13.8. The van der Waals surface area contributed by atoms with E-state index >= 15 is 0 Å². The van der Waals surface area contributed by atoms with Crippen LogP contribution in [0.1, 0.15) is 36.8 Å². The van der Waals surface area contributed by atoms with Crippen LogP contribution in [0, 0.1) is 23.5 Å². The standard InChI is InChI=1S/C25H23ClF2N6O3S/c1-25(2,35)9-8-17-4-5-18(22(30-17)20(29)12-14-10-15(27)13-16(28)11-14)19-6-7-21(26)34-23(19)31-32-24(34)33-38(3,36)37/h4-7,10-11,13,20,35H,12,29H2,1-3H3,(H,32,33). The van der Waals surface area contributed by atoms with Crippen molar-refractivity contribution >= 4 is 33.2 Å². The fraction of sp³-hybridized carbons (Fsp3) is 0.240. The number of anilines is 1. The molecule has 0 bridgehead atoms. The molecule has 0 fully saturated rings. The van der Waals surface area contributed by atoms with E-state index in [1.54, 1.807) is 18.2 Å². The van der Waals surface area contributed by atoms with Crippen LogP contribution in [-0.2, 0) is 16.4 Å². The Labute approximate surface area is 222 Å². The second-order valence-electron chi connectivity index (χ2n) is 9.15. The van der Waals surface area contributed by atoms with Crippen LogP contribution in [-0.4, -0.2) is 45.0 Å². The number of rotatable bonds is 6. The summed E-state index contributed by atoms with van der Waals surface area (Å²) in [5, 5.41) is 18.2. The summed E-state index contributed by atoms with van der Waals surface area (Å²) in [5.74, 6) is 3.89. The van der Waals surface area contributed by atoms with E-state index in [1.165, 1.54) is 36.4 Å². The van der Waals surface area contributed by atoms with E-state index < -0.39 is 33.3 Å². The van der Waals surface area contributed by atoms with Crippen molar-refractivity contribution in [3.8, 4) is 23.0 Å². The number of nitrogens with zero attached hydrogens (tertiary/aromatic N) is 4. The lowest BCUT2D eigenvalue weighted by Crippen LogP contribution is -2.18. The second-order valence-corrected chi connectivity index (χ2v) is 11.3. The van der Waals surface area contributed by atoms with Crippen LogP contribution in [0.2, 0.25) is 5.15 Å². The smallest absolute Gasteiger partial charge is 0.243 e. The van der Waals surface area contributed by atoms with Crippen molar-refractivity contribution in [1.82, 2.24) is 19.6 Å². The molecule has 4 N–H and O–H groups in total. The van der Waals surface area contributed by atoms with Gasteiger partial charge in [-0.25, -0.2) is 26.6 Å². The van der Waals surface area contributed by atoms with Crippen molar-refractivity contribution in [3.05, 3.63) is 76.2 Å². The molecule has 0 radical (unpaired) electrons. The predicted molar refractivity (Wildman–Crippen MR) is 140 cm³/mol. The lowest BCUT2D eigenvalue weighted by atomic mass is 9.96. The van der Waals surface area contributed by atoms with Gasteiger partial charge in [0, 0.05) is 17.2 Å². The van der Waals surface area contributed by atoms with Gasteiger partial charge in [0.1, 0.15) is 28.1 Å². The zero-order valence-corrected chi connectivity index (χ0v) is 22.1. The molecule has 1 aromatic carbocycles. The molecule has 0 saturated carbocycles. The van der Waals surface area contributed by atoms with E-state index in [0.29, 0.717) is 28.1 Å². The molecule has 0 aliphatic rings. The third-order valence-corrected chi connectivity index (χ3v) is 6.07. The number of nitrogens with two attached hydrogens (primary N) is 1. The first-order valence-electron chi connectivity index (χ1n) is 11.2. The number of hydrogen-bond acceptors (Lipinski definition) is 7. The molecule has 9 nitrogen and oxygen atoms in total. The van der Waals surface area contributed by atoms with Gasteiger partial charge < -0.3 is 10.8 Å². The van der Waals surface area contributed by atoms with Crippen LogP contribution in [0.3, 0.4) is 0 Å². The minimum Gasteiger partial charge on any atom is -0.378 e. The average molecular weight is 561 g/mol. The first kappa shape index (κ1) is 27.4. The number of benzene rings is 1. The first-order valence-corrected chi connectivity index (χ1v) is 13.5. The van der Waals surface area contributed by atoms with Gasteiger partial charge in [-0.2, -0.15) is 0 Å². The Morgan fingerprint density at radius 2 is 1.79 bits per heavy atom. The Hall–Kier alpha value is -3.63. The van der Waals surface area contributed by atoms with Crippen LogP contribution in [0.15, 0.2) is 42.5 Å². The molecule has 0 saturated heterocycles. The van der Waals surface area contributed by atoms with Crippen LogP contribution < -0.4 is 10.5 Å². The largest absolute Gasteiger partial charge is 0.378 e. The molecule has 4 rings (SSSR count). The molecular formula is C25H23ClF2N6O3S. The van der Waals surface area contributed by atoms with E-state index in [1.807, 2.05) is 0 Å². The molecule has 4 aromatic rings. The van der Waals surface area contributed by atoms with Crippen molar-refractivity contribution in [1.29, 1.82) is 0 Å². The molecule has 13 heteroatoms. The summed E-state index contributed by atoms with van der Waals surface area (Å²) in [4.78, 5) is 4.59. The molecule has 0 aliphatic carbocycles. The van der Waals surface area contributed by atoms with Crippen molar-refractivity contribution < 1.29 is 22.3 Å². The summed E-state index contributed by atoms with van der Waals surface area (Å²) < 4.78 is 54.8. The highest BCUT2D eigenvalue weighted by Crippen LogP contribution is 2.33. The summed E-state index contributed by atoms with van der Waals surface area (Å²) in [6, 6.07) is 8.76. The monoisotopic (exact) mass is 560 g/mol. The summed E-state index contributed by atoms with van der Waals surface area (Å²) in [6.07, 6.45) is 1.00. The third kappa shape index (κ3) is 6.43. The van der Waals surface area contributed by atoms with Gasteiger partial charge in [0.25, 0.3) is 0 Å².